The largest absolute Gasteiger partial charge is 0.341 e. The molecule has 1 amide bonds. The van der Waals surface area contributed by atoms with Gasteiger partial charge in [0.15, 0.2) is 0 Å². The maximum atomic E-state index is 12.3. The van der Waals surface area contributed by atoms with Gasteiger partial charge in [0, 0.05) is 13.1 Å². The van der Waals surface area contributed by atoms with E-state index in [1.54, 1.807) is 0 Å². The van der Waals surface area contributed by atoms with E-state index in [0.717, 1.165) is 19.4 Å². The molecule has 16 heavy (non-hydrogen) atoms. The van der Waals surface area contributed by atoms with Crippen molar-refractivity contribution in [3.8, 4) is 0 Å². The highest BCUT2D eigenvalue weighted by molar-refractivity contribution is 5.82. The molecule has 1 saturated heterocycles. The predicted octanol–water partition coefficient (Wildman–Crippen LogP) is 1.78. The van der Waals surface area contributed by atoms with Crippen LogP contribution in [0.5, 0.6) is 0 Å². The van der Waals surface area contributed by atoms with Gasteiger partial charge < -0.3 is 10.2 Å². The van der Waals surface area contributed by atoms with Crippen molar-refractivity contribution in [1.29, 1.82) is 0 Å². The van der Waals surface area contributed by atoms with Crippen LogP contribution in [0.4, 0.5) is 0 Å². The number of nitrogens with zero attached hydrogens (tertiary/aromatic N) is 1. The highest BCUT2D eigenvalue weighted by Gasteiger charge is 2.32. The molecule has 0 spiro atoms. The third-order valence-corrected chi connectivity index (χ3v) is 4.27. The lowest BCUT2D eigenvalue weighted by atomic mass is 9.85. The molecule has 1 N–H and O–H groups in total. The lowest BCUT2D eigenvalue weighted by Crippen LogP contribution is -2.49. The Hall–Kier alpha value is -0.570. The minimum atomic E-state index is 0.0964. The molecule has 1 aliphatic heterocycles. The summed E-state index contributed by atoms with van der Waals surface area (Å²) in [5, 5.41) is 3.30. The second-order valence-corrected chi connectivity index (χ2v) is 5.43. The van der Waals surface area contributed by atoms with Crippen molar-refractivity contribution in [3.63, 3.8) is 0 Å². The molecule has 3 heteroatoms. The first-order chi connectivity index (χ1) is 7.70. The molecule has 0 aromatic heterocycles. The second kappa shape index (κ2) is 5.17. The summed E-state index contributed by atoms with van der Waals surface area (Å²) in [4.78, 5) is 14.3. The quantitative estimate of drug-likeness (QED) is 0.775. The van der Waals surface area contributed by atoms with Gasteiger partial charge in [-0.2, -0.15) is 0 Å². The van der Waals surface area contributed by atoms with Crippen LogP contribution in [0.25, 0.3) is 0 Å². The van der Waals surface area contributed by atoms with Crippen molar-refractivity contribution in [2.75, 3.05) is 13.6 Å². The van der Waals surface area contributed by atoms with Crippen LogP contribution in [-0.4, -0.2) is 36.5 Å². The standard InChI is InChI=1S/C13H24N2O/c1-10-6-3-4-8-12(10)15(2)13(16)11-7-5-9-14-11/h10-12,14H,3-9H2,1-2H3/t10?,11-,12?/m1/s1. The zero-order valence-electron chi connectivity index (χ0n) is 10.5. The summed E-state index contributed by atoms with van der Waals surface area (Å²) in [6, 6.07) is 0.572. The third kappa shape index (κ3) is 2.40. The van der Waals surface area contributed by atoms with Gasteiger partial charge >= 0.3 is 0 Å². The first-order valence-corrected chi connectivity index (χ1v) is 6.70. The Balaban J connectivity index is 1.94. The fourth-order valence-corrected chi connectivity index (χ4v) is 3.18. The van der Waals surface area contributed by atoms with Crippen LogP contribution < -0.4 is 5.32 Å². The number of rotatable bonds is 2. The maximum Gasteiger partial charge on any atom is 0.239 e. The summed E-state index contributed by atoms with van der Waals surface area (Å²) in [5.74, 6) is 0.986. The van der Waals surface area contributed by atoms with Crippen LogP contribution in [0.3, 0.4) is 0 Å². The number of amides is 1. The van der Waals surface area contributed by atoms with Crippen LogP contribution in [-0.2, 0) is 4.79 Å². The average molecular weight is 224 g/mol. The maximum absolute atomic E-state index is 12.3. The highest BCUT2D eigenvalue weighted by Crippen LogP contribution is 2.28. The molecule has 0 radical (unpaired) electrons. The van der Waals surface area contributed by atoms with Crippen molar-refractivity contribution in [1.82, 2.24) is 10.2 Å². The van der Waals surface area contributed by atoms with Gasteiger partial charge in [-0.15, -0.1) is 0 Å². The fraction of sp³-hybridized carbons (Fsp3) is 0.923. The monoisotopic (exact) mass is 224 g/mol. The van der Waals surface area contributed by atoms with Gasteiger partial charge in [0.05, 0.1) is 6.04 Å². The van der Waals surface area contributed by atoms with Gasteiger partial charge in [0.25, 0.3) is 0 Å². The van der Waals surface area contributed by atoms with Crippen molar-refractivity contribution < 1.29 is 4.79 Å². The summed E-state index contributed by atoms with van der Waals surface area (Å²) in [5.41, 5.74) is 0. The summed E-state index contributed by atoms with van der Waals surface area (Å²) < 4.78 is 0. The molecule has 0 aromatic rings. The van der Waals surface area contributed by atoms with E-state index in [-0.39, 0.29) is 6.04 Å². The molecule has 0 bridgehead atoms. The van der Waals surface area contributed by atoms with Gasteiger partial charge in [-0.25, -0.2) is 0 Å². The Morgan fingerprint density at radius 1 is 1.19 bits per heavy atom. The van der Waals surface area contributed by atoms with E-state index in [1.165, 1.54) is 25.7 Å². The number of carbonyl (C=O) groups excluding carboxylic acids is 1. The first kappa shape index (κ1) is 11.9. The average Bonchev–Trinajstić information content (AvgIpc) is 2.81. The first-order valence-electron chi connectivity index (χ1n) is 6.70. The number of hydrogen-bond donors (Lipinski definition) is 1. The zero-order chi connectivity index (χ0) is 11.5. The van der Waals surface area contributed by atoms with E-state index >= 15 is 0 Å². The molecule has 2 rings (SSSR count). The Kier molecular flexibility index (Phi) is 3.85. The van der Waals surface area contributed by atoms with E-state index in [1.807, 2.05) is 11.9 Å². The summed E-state index contributed by atoms with van der Waals surface area (Å²) in [6.45, 7) is 3.29. The smallest absolute Gasteiger partial charge is 0.239 e. The summed E-state index contributed by atoms with van der Waals surface area (Å²) in [7, 11) is 1.99. The highest BCUT2D eigenvalue weighted by atomic mass is 16.2. The Labute approximate surface area is 98.6 Å². The van der Waals surface area contributed by atoms with Crippen molar-refractivity contribution in [3.05, 3.63) is 0 Å². The Bertz CT molecular complexity index is 248. The van der Waals surface area contributed by atoms with Crippen LogP contribution >= 0.6 is 0 Å². The molecule has 2 unspecified atom stereocenters. The minimum Gasteiger partial charge on any atom is -0.341 e. The summed E-state index contributed by atoms with van der Waals surface area (Å²) >= 11 is 0. The van der Waals surface area contributed by atoms with Crippen LogP contribution in [0.15, 0.2) is 0 Å². The zero-order valence-corrected chi connectivity index (χ0v) is 10.5. The number of hydrogen-bond acceptors (Lipinski definition) is 2. The molecule has 2 fully saturated rings. The van der Waals surface area contributed by atoms with Crippen molar-refractivity contribution >= 4 is 5.91 Å². The Morgan fingerprint density at radius 3 is 2.56 bits per heavy atom. The van der Waals surface area contributed by atoms with E-state index in [0.29, 0.717) is 17.9 Å². The lowest BCUT2D eigenvalue weighted by molar-refractivity contribution is -0.135. The van der Waals surface area contributed by atoms with Gasteiger partial charge in [0.1, 0.15) is 0 Å². The number of nitrogens with one attached hydrogen (secondary N) is 1. The Morgan fingerprint density at radius 2 is 1.94 bits per heavy atom. The van der Waals surface area contributed by atoms with Gasteiger partial charge in [-0.05, 0) is 38.1 Å². The predicted molar refractivity (Wildman–Crippen MR) is 65.2 cm³/mol. The van der Waals surface area contributed by atoms with E-state index in [9.17, 15) is 4.79 Å². The second-order valence-electron chi connectivity index (χ2n) is 5.43. The summed E-state index contributed by atoms with van der Waals surface area (Å²) in [6.07, 6.45) is 7.25. The normalized spacial score (nSPS) is 35.0. The molecule has 1 saturated carbocycles. The number of carbonyl (C=O) groups is 1. The van der Waals surface area contributed by atoms with Gasteiger partial charge in [-0.1, -0.05) is 19.8 Å². The fourth-order valence-electron chi connectivity index (χ4n) is 3.18. The van der Waals surface area contributed by atoms with Gasteiger partial charge in [-0.3, -0.25) is 4.79 Å². The third-order valence-electron chi connectivity index (χ3n) is 4.27. The van der Waals surface area contributed by atoms with Crippen molar-refractivity contribution in [2.45, 2.75) is 57.5 Å². The topological polar surface area (TPSA) is 32.3 Å². The van der Waals surface area contributed by atoms with Crippen LogP contribution in [0, 0.1) is 5.92 Å². The molecular formula is C13H24N2O. The van der Waals surface area contributed by atoms with Crippen molar-refractivity contribution in [2.24, 2.45) is 5.92 Å². The minimum absolute atomic E-state index is 0.0964. The molecular weight excluding hydrogens is 200 g/mol. The van der Waals surface area contributed by atoms with E-state index in [4.69, 9.17) is 0 Å². The van der Waals surface area contributed by atoms with Crippen LogP contribution in [0.2, 0.25) is 0 Å². The lowest BCUT2D eigenvalue weighted by Gasteiger charge is -2.37. The molecule has 3 nitrogen and oxygen atoms in total. The van der Waals surface area contributed by atoms with E-state index in [2.05, 4.69) is 12.2 Å². The van der Waals surface area contributed by atoms with Crippen LogP contribution in [0.1, 0.15) is 45.4 Å². The van der Waals surface area contributed by atoms with E-state index < -0.39 is 0 Å². The SMILES string of the molecule is CC1CCCCC1N(C)C(=O)[C@H]1CCCN1. The molecule has 3 atom stereocenters. The molecule has 1 aliphatic carbocycles. The number of likely N-dealkylation sites (N-methyl/N-ethyl adjacent to an activating group) is 1. The molecule has 1 heterocycles. The molecule has 92 valence electrons. The van der Waals surface area contributed by atoms with Gasteiger partial charge in [0.2, 0.25) is 5.91 Å². The molecule has 0 aromatic carbocycles. The molecule has 2 aliphatic rings.